The van der Waals surface area contributed by atoms with E-state index in [1.807, 2.05) is 39.0 Å². The molecule has 53 heavy (non-hydrogen) atoms. The third-order valence-corrected chi connectivity index (χ3v) is 11.4. The molecule has 1 aliphatic heterocycles. The van der Waals surface area contributed by atoms with Crippen LogP contribution in [0.3, 0.4) is 0 Å². The zero-order valence-electron chi connectivity index (χ0n) is 30.6. The number of hydrogen-bond donors (Lipinski definition) is 2. The monoisotopic (exact) mass is 760 g/mol. The predicted molar refractivity (Wildman–Crippen MR) is 208 cm³/mol. The first-order valence-electron chi connectivity index (χ1n) is 18.6. The number of halogens is 3. The van der Waals surface area contributed by atoms with Crippen molar-refractivity contribution >= 4 is 52.2 Å². The van der Waals surface area contributed by atoms with E-state index >= 15 is 4.39 Å². The maximum atomic E-state index is 15.8. The largest absolute Gasteiger partial charge is 0.493 e. The molecule has 1 aliphatic carbocycles. The second-order valence-electron chi connectivity index (χ2n) is 14.1. The number of piperidine rings is 1. The average Bonchev–Trinajstić information content (AvgIpc) is 3.19. The Hall–Kier alpha value is -4.14. The van der Waals surface area contributed by atoms with Crippen LogP contribution in [0.15, 0.2) is 60.2 Å². The van der Waals surface area contributed by atoms with Crippen molar-refractivity contribution in [3.05, 3.63) is 87.2 Å². The Morgan fingerprint density at radius 1 is 0.981 bits per heavy atom. The first-order valence-corrected chi connectivity index (χ1v) is 19.4. The van der Waals surface area contributed by atoms with Gasteiger partial charge >= 0.3 is 0 Å². The summed E-state index contributed by atoms with van der Waals surface area (Å²) in [4.78, 5) is 50.9. The Morgan fingerprint density at radius 2 is 1.70 bits per heavy atom. The van der Waals surface area contributed by atoms with Gasteiger partial charge in [0.1, 0.15) is 17.3 Å². The molecule has 10 heteroatoms. The van der Waals surface area contributed by atoms with Gasteiger partial charge in [0, 0.05) is 59.9 Å². The fourth-order valence-electron chi connectivity index (χ4n) is 7.35. The van der Waals surface area contributed by atoms with Crippen molar-refractivity contribution in [2.45, 2.75) is 85.0 Å². The van der Waals surface area contributed by atoms with E-state index in [2.05, 4.69) is 5.32 Å². The highest BCUT2D eigenvalue weighted by molar-refractivity contribution is 6.51. The number of carbonyl (C=O) groups is 4. The smallest absolute Gasteiger partial charge is 0.220 e. The maximum Gasteiger partial charge on any atom is 0.220 e. The van der Waals surface area contributed by atoms with Gasteiger partial charge in [0.05, 0.1) is 27.9 Å². The third kappa shape index (κ3) is 9.51. The fraction of sp³-hybridized carbons (Fsp3) is 0.419. The molecular formula is C43H47Cl2FN2O5. The van der Waals surface area contributed by atoms with Crippen molar-refractivity contribution in [1.82, 2.24) is 5.32 Å². The van der Waals surface area contributed by atoms with Gasteiger partial charge in [0.25, 0.3) is 0 Å². The first-order chi connectivity index (χ1) is 25.4. The summed E-state index contributed by atoms with van der Waals surface area (Å²) in [6.07, 6.45) is 6.30. The van der Waals surface area contributed by atoms with Crippen LogP contribution in [0.25, 0.3) is 22.3 Å². The highest BCUT2D eigenvalue weighted by Crippen LogP contribution is 2.42. The number of hydrogen-bond acceptors (Lipinski definition) is 6. The van der Waals surface area contributed by atoms with Crippen LogP contribution in [-0.4, -0.2) is 42.1 Å². The molecule has 280 valence electrons. The van der Waals surface area contributed by atoms with Crippen LogP contribution >= 0.6 is 23.2 Å². The van der Waals surface area contributed by atoms with Crippen LogP contribution in [0.1, 0.15) is 83.3 Å². The lowest BCUT2D eigenvalue weighted by Gasteiger charge is -2.22. The van der Waals surface area contributed by atoms with E-state index in [9.17, 15) is 19.2 Å². The molecule has 0 aromatic heterocycles. The van der Waals surface area contributed by atoms with Crippen molar-refractivity contribution in [2.24, 2.45) is 17.8 Å². The molecule has 1 fully saturated rings. The van der Waals surface area contributed by atoms with E-state index in [1.54, 1.807) is 24.3 Å². The number of Topliss-reactive ketones (excluding diaryl/α,β-unsaturated/α-hetero) is 3. The van der Waals surface area contributed by atoms with Gasteiger partial charge in [-0.25, -0.2) is 4.39 Å². The fourth-order valence-corrected chi connectivity index (χ4v) is 7.98. The highest BCUT2D eigenvalue weighted by atomic mass is 35.5. The number of carbonyl (C=O) groups excluding carboxylic acids is 4. The number of amides is 1. The molecule has 0 spiro atoms. The SMILES string of the molecule is CCOc1cc(-c2cccc(-c3cccc(CC(=N)C(=O)/C4=C/CC(C)C(=O)C(CC)CCC4=O)c3Cl)c2Cl)cc(F)c1CCC[C@H]1CCC(=O)NC1. The molecule has 1 amide bonds. The molecule has 0 saturated carbocycles. The quantitative estimate of drug-likeness (QED) is 0.133. The molecule has 0 bridgehead atoms. The molecule has 3 aromatic rings. The summed E-state index contributed by atoms with van der Waals surface area (Å²) in [5.74, 6) is -0.910. The van der Waals surface area contributed by atoms with Crippen molar-refractivity contribution in [2.75, 3.05) is 13.2 Å². The molecule has 1 heterocycles. The molecule has 5 rings (SSSR count). The first kappa shape index (κ1) is 40.1. The Kier molecular flexibility index (Phi) is 13.8. The molecule has 0 radical (unpaired) electrons. The van der Waals surface area contributed by atoms with Gasteiger partial charge in [0.15, 0.2) is 5.78 Å². The molecule has 2 unspecified atom stereocenters. The van der Waals surface area contributed by atoms with Gasteiger partial charge < -0.3 is 15.5 Å². The second kappa shape index (κ2) is 18.3. The maximum absolute atomic E-state index is 15.8. The normalized spacial score (nSPS) is 20.5. The van der Waals surface area contributed by atoms with Crippen LogP contribution in [0.2, 0.25) is 10.0 Å². The Labute approximate surface area is 321 Å². The molecule has 3 aromatic carbocycles. The standard InChI is InChI=1S/C43H47Cl2FN2O5/c1-4-27-17-19-37(49)34(18-15-25(3)42(27)51)43(52)36(47)22-28-10-7-12-31(40(28)44)32-13-8-11-30(41(32)45)29-21-35(46)33(38(23-29)53-5-2)14-6-9-26-16-20-39(50)48-24-26/h7-8,10-13,18,21,23,25-27,47H,4-6,9,14-17,19-20,22,24H2,1-3H3,(H,48,50)/b34-18+,47-36?/t25?,26-,27?/m0/s1. The van der Waals surface area contributed by atoms with Gasteiger partial charge in [-0.05, 0) is 81.0 Å². The molecule has 2 aliphatic rings. The van der Waals surface area contributed by atoms with Crippen LogP contribution < -0.4 is 10.1 Å². The van der Waals surface area contributed by atoms with E-state index < -0.39 is 5.78 Å². The summed E-state index contributed by atoms with van der Waals surface area (Å²) < 4.78 is 21.7. The summed E-state index contributed by atoms with van der Waals surface area (Å²) in [7, 11) is 0. The lowest BCUT2D eigenvalue weighted by atomic mass is 9.87. The molecular weight excluding hydrogens is 714 g/mol. The summed E-state index contributed by atoms with van der Waals surface area (Å²) in [5, 5.41) is 12.3. The van der Waals surface area contributed by atoms with Crippen molar-refractivity contribution in [3.63, 3.8) is 0 Å². The average molecular weight is 762 g/mol. The van der Waals surface area contributed by atoms with E-state index in [1.165, 1.54) is 12.1 Å². The van der Waals surface area contributed by atoms with Gasteiger partial charge in [-0.15, -0.1) is 0 Å². The van der Waals surface area contributed by atoms with E-state index in [-0.39, 0.29) is 65.7 Å². The predicted octanol–water partition coefficient (Wildman–Crippen LogP) is 9.76. The minimum atomic E-state index is -0.663. The zero-order chi connectivity index (χ0) is 38.2. The Morgan fingerprint density at radius 3 is 2.40 bits per heavy atom. The number of rotatable bonds is 13. The van der Waals surface area contributed by atoms with Crippen LogP contribution in [-0.2, 0) is 32.0 Å². The lowest BCUT2D eigenvalue weighted by molar-refractivity contribution is -0.126. The van der Waals surface area contributed by atoms with Gasteiger partial charge in [-0.3, -0.25) is 19.2 Å². The second-order valence-corrected chi connectivity index (χ2v) is 14.9. The number of ketones is 3. The Balaban J connectivity index is 1.36. The number of benzene rings is 3. The summed E-state index contributed by atoms with van der Waals surface area (Å²) in [6.45, 7) is 6.61. The number of ether oxygens (including phenoxy) is 1. The molecule has 3 atom stereocenters. The van der Waals surface area contributed by atoms with E-state index in [0.717, 1.165) is 19.3 Å². The van der Waals surface area contributed by atoms with E-state index in [0.29, 0.717) is 93.9 Å². The minimum absolute atomic E-state index is 0.0432. The van der Waals surface area contributed by atoms with E-state index in [4.69, 9.17) is 33.3 Å². The van der Waals surface area contributed by atoms with Crippen molar-refractivity contribution in [3.8, 4) is 28.0 Å². The van der Waals surface area contributed by atoms with Crippen LogP contribution in [0.4, 0.5) is 4.39 Å². The Bertz CT molecular complexity index is 1930. The van der Waals surface area contributed by atoms with Crippen molar-refractivity contribution in [1.29, 1.82) is 5.41 Å². The summed E-state index contributed by atoms with van der Waals surface area (Å²) >= 11 is 14.0. The lowest BCUT2D eigenvalue weighted by Crippen LogP contribution is -2.34. The number of nitrogens with one attached hydrogen (secondary N) is 2. The van der Waals surface area contributed by atoms with Gasteiger partial charge in [-0.1, -0.05) is 79.5 Å². The molecule has 1 saturated heterocycles. The molecule has 2 N–H and O–H groups in total. The topological polar surface area (TPSA) is 113 Å². The molecule has 7 nitrogen and oxygen atoms in total. The van der Waals surface area contributed by atoms with Gasteiger partial charge in [-0.2, -0.15) is 0 Å². The zero-order valence-corrected chi connectivity index (χ0v) is 32.1. The summed E-state index contributed by atoms with van der Waals surface area (Å²) in [5.41, 5.74) is 3.00. The third-order valence-electron chi connectivity index (χ3n) is 10.5. The highest BCUT2D eigenvalue weighted by Gasteiger charge is 2.29. The van der Waals surface area contributed by atoms with Crippen LogP contribution in [0.5, 0.6) is 5.75 Å². The van der Waals surface area contributed by atoms with Crippen LogP contribution in [0, 0.1) is 29.0 Å². The minimum Gasteiger partial charge on any atom is -0.493 e. The van der Waals surface area contributed by atoms with Gasteiger partial charge in [0.2, 0.25) is 11.7 Å². The number of allylic oxidation sites excluding steroid dienone is 2. The summed E-state index contributed by atoms with van der Waals surface area (Å²) in [6, 6.07) is 14.0. The van der Waals surface area contributed by atoms with Crippen molar-refractivity contribution < 1.29 is 28.3 Å².